The summed E-state index contributed by atoms with van der Waals surface area (Å²) in [5, 5.41) is 11.8. The lowest BCUT2D eigenvalue weighted by Crippen LogP contribution is -2.27. The molecule has 1 amide bonds. The molecule has 10 heteroatoms. The van der Waals surface area contributed by atoms with E-state index in [1.807, 2.05) is 6.07 Å². The first kappa shape index (κ1) is 22.9. The van der Waals surface area contributed by atoms with Gasteiger partial charge in [0, 0.05) is 31.8 Å². The van der Waals surface area contributed by atoms with E-state index in [9.17, 15) is 9.59 Å². The van der Waals surface area contributed by atoms with Gasteiger partial charge in [-0.2, -0.15) is 4.98 Å². The van der Waals surface area contributed by atoms with Crippen molar-refractivity contribution in [3.05, 3.63) is 51.8 Å². The molecule has 10 nitrogen and oxygen atoms in total. The summed E-state index contributed by atoms with van der Waals surface area (Å²) in [6, 6.07) is 8.74. The molecule has 3 N–H and O–H groups in total. The average molecular weight is 442 g/mol. The molecule has 0 aliphatic rings. The zero-order chi connectivity index (χ0) is 23.3. The normalized spacial score (nSPS) is 10.7. The standard InChI is InChI=1S/C22H26N4O6/c1-26(12-13-6-5-7-14(10-13)20(28)23-8-9-27)22-24-15-11-16(30-2)18(31-3)19(32-4)17(15)21(29)25-22/h5-7,10-11,27H,8-9,12H2,1-4H3,(H,23,28)(H,24,25,29). The number of aromatic nitrogens is 2. The molecule has 170 valence electrons. The Hall–Kier alpha value is -3.79. The second kappa shape index (κ2) is 10.0. The van der Waals surface area contributed by atoms with Crippen molar-refractivity contribution in [3.8, 4) is 17.2 Å². The number of aliphatic hydroxyl groups is 1. The van der Waals surface area contributed by atoms with E-state index in [0.717, 1.165) is 5.56 Å². The Balaban J connectivity index is 1.95. The van der Waals surface area contributed by atoms with Gasteiger partial charge in [0.2, 0.25) is 11.7 Å². The van der Waals surface area contributed by atoms with E-state index >= 15 is 0 Å². The molecule has 0 unspecified atom stereocenters. The number of benzene rings is 2. The van der Waals surface area contributed by atoms with Crippen LogP contribution in [0.1, 0.15) is 15.9 Å². The molecule has 0 saturated heterocycles. The summed E-state index contributed by atoms with van der Waals surface area (Å²) in [4.78, 5) is 34.1. The predicted octanol–water partition coefficient (Wildman–Crippen LogP) is 1.31. The summed E-state index contributed by atoms with van der Waals surface area (Å²) in [7, 11) is 6.19. The number of nitrogens with one attached hydrogen (secondary N) is 2. The molecule has 1 heterocycles. The number of aliphatic hydroxyl groups excluding tert-OH is 1. The van der Waals surface area contributed by atoms with Crippen molar-refractivity contribution in [2.45, 2.75) is 6.54 Å². The predicted molar refractivity (Wildman–Crippen MR) is 120 cm³/mol. The number of methoxy groups -OCH3 is 3. The number of H-pyrrole nitrogens is 1. The molecule has 0 saturated carbocycles. The first-order chi connectivity index (χ1) is 15.4. The number of aromatic amines is 1. The van der Waals surface area contributed by atoms with Gasteiger partial charge in [-0.05, 0) is 17.7 Å². The lowest BCUT2D eigenvalue weighted by atomic mass is 10.1. The van der Waals surface area contributed by atoms with Gasteiger partial charge in [-0.3, -0.25) is 9.59 Å². The first-order valence-electron chi connectivity index (χ1n) is 9.85. The van der Waals surface area contributed by atoms with Crippen LogP contribution >= 0.6 is 0 Å². The van der Waals surface area contributed by atoms with Gasteiger partial charge in [0.1, 0.15) is 5.39 Å². The van der Waals surface area contributed by atoms with Crippen LogP contribution in [0, 0.1) is 0 Å². The minimum Gasteiger partial charge on any atom is -0.493 e. The highest BCUT2D eigenvalue weighted by Crippen LogP contribution is 2.41. The maximum absolute atomic E-state index is 12.8. The molecule has 1 aromatic heterocycles. The molecular formula is C22H26N4O6. The lowest BCUT2D eigenvalue weighted by Gasteiger charge is -2.20. The summed E-state index contributed by atoms with van der Waals surface area (Å²) in [6.45, 7) is 0.444. The van der Waals surface area contributed by atoms with Gasteiger partial charge in [-0.25, -0.2) is 0 Å². The number of carbonyl (C=O) groups is 1. The largest absolute Gasteiger partial charge is 0.493 e. The summed E-state index contributed by atoms with van der Waals surface area (Å²) < 4.78 is 16.1. The Labute approximate surface area is 184 Å². The Morgan fingerprint density at radius 3 is 2.56 bits per heavy atom. The summed E-state index contributed by atoms with van der Waals surface area (Å²) in [5.41, 5.74) is 1.33. The topological polar surface area (TPSA) is 126 Å². The number of carbonyl (C=O) groups excluding carboxylic acids is 1. The number of amides is 1. The van der Waals surface area contributed by atoms with E-state index in [1.54, 1.807) is 36.2 Å². The molecule has 32 heavy (non-hydrogen) atoms. The monoisotopic (exact) mass is 442 g/mol. The minimum atomic E-state index is -0.476. The molecule has 0 fully saturated rings. The van der Waals surface area contributed by atoms with E-state index in [-0.39, 0.29) is 30.2 Å². The summed E-state index contributed by atoms with van der Waals surface area (Å²) in [6.07, 6.45) is 0. The number of anilines is 1. The SMILES string of the molecule is COc1cc2[nH]c(N(C)Cc3cccc(C(=O)NCCO)c3)nc(=O)c2c(OC)c1OC. The molecule has 0 aliphatic heterocycles. The molecule has 0 atom stereocenters. The third kappa shape index (κ3) is 4.59. The van der Waals surface area contributed by atoms with Crippen molar-refractivity contribution >= 4 is 22.8 Å². The first-order valence-corrected chi connectivity index (χ1v) is 9.85. The number of nitrogens with zero attached hydrogens (tertiary/aromatic N) is 2. The van der Waals surface area contributed by atoms with Crippen molar-refractivity contribution in [2.24, 2.45) is 0 Å². The average Bonchev–Trinajstić information content (AvgIpc) is 2.80. The minimum absolute atomic E-state index is 0.128. The van der Waals surface area contributed by atoms with Gasteiger partial charge in [-0.1, -0.05) is 12.1 Å². The third-order valence-electron chi connectivity index (χ3n) is 4.87. The molecule has 0 radical (unpaired) electrons. The zero-order valence-electron chi connectivity index (χ0n) is 18.4. The highest BCUT2D eigenvalue weighted by molar-refractivity contribution is 5.94. The van der Waals surface area contributed by atoms with Gasteiger partial charge < -0.3 is 34.5 Å². The Morgan fingerprint density at radius 2 is 1.91 bits per heavy atom. The molecule has 2 aromatic carbocycles. The van der Waals surface area contributed by atoms with Crippen LogP contribution in [0.25, 0.3) is 10.9 Å². The number of hydrogen-bond acceptors (Lipinski definition) is 8. The van der Waals surface area contributed by atoms with Crippen molar-refractivity contribution < 1.29 is 24.1 Å². The lowest BCUT2D eigenvalue weighted by molar-refractivity contribution is 0.0944. The maximum atomic E-state index is 12.8. The smallest absolute Gasteiger partial charge is 0.286 e. The van der Waals surface area contributed by atoms with Crippen LogP contribution in [0.15, 0.2) is 35.1 Å². The molecular weight excluding hydrogens is 416 g/mol. The van der Waals surface area contributed by atoms with Crippen molar-refractivity contribution in [1.29, 1.82) is 0 Å². The van der Waals surface area contributed by atoms with Crippen LogP contribution < -0.4 is 30.0 Å². The fourth-order valence-corrected chi connectivity index (χ4v) is 3.38. The van der Waals surface area contributed by atoms with Crippen LogP contribution in [0.2, 0.25) is 0 Å². The quantitative estimate of drug-likeness (QED) is 0.453. The van der Waals surface area contributed by atoms with Crippen LogP contribution in [-0.2, 0) is 6.54 Å². The van der Waals surface area contributed by atoms with Crippen LogP contribution in [0.3, 0.4) is 0 Å². The molecule has 0 spiro atoms. The van der Waals surface area contributed by atoms with E-state index in [0.29, 0.717) is 35.1 Å². The Morgan fingerprint density at radius 1 is 1.16 bits per heavy atom. The number of ether oxygens (including phenoxy) is 3. The molecule has 3 rings (SSSR count). The van der Waals surface area contributed by atoms with Crippen LogP contribution in [-0.4, -0.2) is 62.5 Å². The molecule has 3 aromatic rings. The van der Waals surface area contributed by atoms with Gasteiger partial charge in [0.15, 0.2) is 11.5 Å². The fraction of sp³-hybridized carbons (Fsp3) is 0.318. The Kier molecular flexibility index (Phi) is 7.16. The van der Waals surface area contributed by atoms with Crippen molar-refractivity contribution in [3.63, 3.8) is 0 Å². The fourth-order valence-electron chi connectivity index (χ4n) is 3.38. The van der Waals surface area contributed by atoms with Gasteiger partial charge in [-0.15, -0.1) is 0 Å². The highest BCUT2D eigenvalue weighted by Gasteiger charge is 2.20. The van der Waals surface area contributed by atoms with Crippen LogP contribution in [0.4, 0.5) is 5.95 Å². The number of fused-ring (bicyclic) bond motifs is 1. The summed E-state index contributed by atoms with van der Waals surface area (Å²) >= 11 is 0. The van der Waals surface area contributed by atoms with Crippen LogP contribution in [0.5, 0.6) is 17.2 Å². The Bertz CT molecular complexity index is 1180. The molecule has 0 bridgehead atoms. The van der Waals surface area contributed by atoms with Crippen molar-refractivity contribution in [2.75, 3.05) is 46.4 Å². The number of hydrogen-bond donors (Lipinski definition) is 3. The van der Waals surface area contributed by atoms with E-state index in [4.69, 9.17) is 19.3 Å². The zero-order valence-corrected chi connectivity index (χ0v) is 18.4. The van der Waals surface area contributed by atoms with Crippen molar-refractivity contribution in [1.82, 2.24) is 15.3 Å². The third-order valence-corrected chi connectivity index (χ3v) is 4.87. The van der Waals surface area contributed by atoms with E-state index in [2.05, 4.69) is 15.3 Å². The van der Waals surface area contributed by atoms with E-state index < -0.39 is 5.56 Å². The second-order valence-corrected chi connectivity index (χ2v) is 6.97. The van der Waals surface area contributed by atoms with Gasteiger partial charge in [0.05, 0.1) is 33.5 Å². The highest BCUT2D eigenvalue weighted by atomic mass is 16.5. The maximum Gasteiger partial charge on any atom is 0.286 e. The second-order valence-electron chi connectivity index (χ2n) is 6.97. The van der Waals surface area contributed by atoms with Gasteiger partial charge in [0.25, 0.3) is 11.5 Å². The van der Waals surface area contributed by atoms with E-state index in [1.165, 1.54) is 21.3 Å². The number of rotatable bonds is 9. The summed E-state index contributed by atoms with van der Waals surface area (Å²) in [5.74, 6) is 1.04. The van der Waals surface area contributed by atoms with Gasteiger partial charge >= 0.3 is 0 Å². The molecule has 0 aliphatic carbocycles.